The van der Waals surface area contributed by atoms with E-state index in [1.807, 2.05) is 13.8 Å². The van der Waals surface area contributed by atoms with E-state index >= 15 is 0 Å². The number of hydrogen-bond donors (Lipinski definition) is 2. The largest absolute Gasteiger partial charge is 0.351 e. The molecule has 0 bridgehead atoms. The van der Waals surface area contributed by atoms with E-state index in [4.69, 9.17) is 5.73 Å². The van der Waals surface area contributed by atoms with E-state index in [1.54, 1.807) is 6.07 Å². The fourth-order valence-corrected chi connectivity index (χ4v) is 5.26. The lowest BCUT2D eigenvalue weighted by molar-refractivity contribution is -0.120. The summed E-state index contributed by atoms with van der Waals surface area (Å²) >= 11 is 1.17. The average Bonchev–Trinajstić information content (AvgIpc) is 2.89. The third-order valence-corrected chi connectivity index (χ3v) is 7.65. The Hall–Kier alpha value is -1.65. The Morgan fingerprint density at radius 2 is 1.81 bits per heavy atom. The highest BCUT2D eigenvalue weighted by molar-refractivity contribution is 8.00. The van der Waals surface area contributed by atoms with E-state index in [2.05, 4.69) is 10.3 Å². The molecule has 0 radical (unpaired) electrons. The van der Waals surface area contributed by atoms with Gasteiger partial charge in [0.25, 0.3) is 0 Å². The average molecular weight is 415 g/mol. The Morgan fingerprint density at radius 3 is 2.30 bits per heavy atom. The first kappa shape index (κ1) is 21.6. The van der Waals surface area contributed by atoms with Crippen LogP contribution in [0.5, 0.6) is 0 Å². The van der Waals surface area contributed by atoms with Crippen LogP contribution in [0.2, 0.25) is 0 Å². The first-order chi connectivity index (χ1) is 12.7. The maximum absolute atomic E-state index is 12.8. The van der Waals surface area contributed by atoms with Crippen LogP contribution in [-0.4, -0.2) is 48.0 Å². The number of sulfonamides is 1. The van der Waals surface area contributed by atoms with Gasteiger partial charge in [-0.1, -0.05) is 38.5 Å². The van der Waals surface area contributed by atoms with Gasteiger partial charge >= 0.3 is 6.03 Å². The number of imide groups is 1. The van der Waals surface area contributed by atoms with Gasteiger partial charge in [-0.3, -0.25) is 10.1 Å². The minimum Gasteiger partial charge on any atom is -0.351 e. The van der Waals surface area contributed by atoms with Crippen LogP contribution in [-0.2, 0) is 14.8 Å². The van der Waals surface area contributed by atoms with E-state index in [0.717, 1.165) is 25.7 Å². The van der Waals surface area contributed by atoms with Gasteiger partial charge in [-0.25, -0.2) is 18.2 Å². The van der Waals surface area contributed by atoms with Crippen LogP contribution < -0.4 is 11.1 Å². The Kier molecular flexibility index (Phi) is 7.63. The van der Waals surface area contributed by atoms with Gasteiger partial charge in [0.2, 0.25) is 15.9 Å². The topological polar surface area (TPSA) is 122 Å². The molecule has 0 spiro atoms. The number of carbonyl (C=O) groups is 2. The van der Waals surface area contributed by atoms with Crippen LogP contribution in [0.1, 0.15) is 39.5 Å². The maximum atomic E-state index is 12.8. The van der Waals surface area contributed by atoms with Gasteiger partial charge < -0.3 is 5.73 Å². The van der Waals surface area contributed by atoms with Gasteiger partial charge in [0, 0.05) is 19.3 Å². The van der Waals surface area contributed by atoms with Crippen molar-refractivity contribution >= 4 is 33.7 Å². The summed E-state index contributed by atoms with van der Waals surface area (Å²) in [6.45, 7) is 4.75. The number of hydrogen-bond acceptors (Lipinski definition) is 6. The summed E-state index contributed by atoms with van der Waals surface area (Å²) in [5, 5.41) is 2.01. The first-order valence-electron chi connectivity index (χ1n) is 8.95. The number of urea groups is 1. The highest BCUT2D eigenvalue weighted by Crippen LogP contribution is 2.28. The lowest BCUT2D eigenvalue weighted by Crippen LogP contribution is -2.42. The van der Waals surface area contributed by atoms with Gasteiger partial charge in [0.15, 0.2) is 0 Å². The number of carbonyl (C=O) groups excluding carboxylic acids is 2. The molecule has 150 valence electrons. The van der Waals surface area contributed by atoms with E-state index in [9.17, 15) is 18.0 Å². The third kappa shape index (κ3) is 5.91. The number of nitrogens with zero attached hydrogens (tertiary/aromatic N) is 2. The van der Waals surface area contributed by atoms with Crippen molar-refractivity contribution in [2.45, 2.75) is 54.7 Å². The molecule has 0 saturated carbocycles. The molecule has 0 unspecified atom stereocenters. The molecule has 0 aliphatic carbocycles. The van der Waals surface area contributed by atoms with Crippen LogP contribution >= 0.6 is 11.8 Å². The van der Waals surface area contributed by atoms with Gasteiger partial charge in [-0.05, 0) is 30.9 Å². The molecule has 1 aromatic rings. The minimum atomic E-state index is -3.56. The molecule has 1 aliphatic rings. The second kappa shape index (κ2) is 9.52. The van der Waals surface area contributed by atoms with Gasteiger partial charge in [0.05, 0.1) is 10.3 Å². The molecule has 1 aromatic heterocycles. The summed E-state index contributed by atoms with van der Waals surface area (Å²) in [7, 11) is -3.56. The zero-order valence-corrected chi connectivity index (χ0v) is 17.2. The molecule has 1 saturated heterocycles. The Balaban J connectivity index is 2.13. The van der Waals surface area contributed by atoms with Crippen molar-refractivity contribution in [2.24, 2.45) is 11.7 Å². The van der Waals surface area contributed by atoms with Crippen LogP contribution in [0.15, 0.2) is 28.3 Å². The summed E-state index contributed by atoms with van der Waals surface area (Å²) in [4.78, 5) is 27.4. The quantitative estimate of drug-likeness (QED) is 0.686. The SMILES string of the molecule is CC(C)[C@@H](Sc1ccc(S(=O)(=O)N2CCCCCC2)cn1)C(=O)NC(N)=O. The molecular weight excluding hydrogens is 388 g/mol. The molecule has 2 heterocycles. The number of nitrogens with one attached hydrogen (secondary N) is 1. The lowest BCUT2D eigenvalue weighted by atomic mass is 10.1. The molecule has 1 fully saturated rings. The molecule has 27 heavy (non-hydrogen) atoms. The molecule has 8 nitrogen and oxygen atoms in total. The molecule has 1 atom stereocenters. The molecular formula is C17H26N4O4S2. The molecule has 3 N–H and O–H groups in total. The Bertz CT molecular complexity index is 758. The third-order valence-electron chi connectivity index (χ3n) is 4.27. The van der Waals surface area contributed by atoms with Gasteiger partial charge in [-0.2, -0.15) is 4.31 Å². The zero-order chi connectivity index (χ0) is 20.0. The summed E-state index contributed by atoms with van der Waals surface area (Å²) in [6, 6.07) is 2.19. The molecule has 2 rings (SSSR count). The lowest BCUT2D eigenvalue weighted by Gasteiger charge is -2.20. The van der Waals surface area contributed by atoms with Crippen LogP contribution in [0.4, 0.5) is 4.79 Å². The summed E-state index contributed by atoms with van der Waals surface area (Å²) in [5.74, 6) is -0.567. The number of nitrogens with two attached hydrogens (primary N) is 1. The molecule has 1 aliphatic heterocycles. The number of amides is 3. The smallest absolute Gasteiger partial charge is 0.318 e. The zero-order valence-electron chi connectivity index (χ0n) is 15.6. The normalized spacial score (nSPS) is 17.3. The summed E-state index contributed by atoms with van der Waals surface area (Å²) < 4.78 is 27.1. The number of primary amides is 1. The monoisotopic (exact) mass is 414 g/mol. The van der Waals surface area contributed by atoms with Gasteiger partial charge in [-0.15, -0.1) is 0 Å². The van der Waals surface area contributed by atoms with Crippen LogP contribution in [0.3, 0.4) is 0 Å². The van der Waals surface area contributed by atoms with Crippen molar-refractivity contribution in [1.29, 1.82) is 0 Å². The number of aromatic nitrogens is 1. The number of pyridine rings is 1. The molecule has 10 heteroatoms. The summed E-state index contributed by atoms with van der Waals surface area (Å²) in [6.07, 6.45) is 5.15. The predicted octanol–water partition coefficient (Wildman–Crippen LogP) is 1.96. The van der Waals surface area contributed by atoms with E-state index < -0.39 is 27.2 Å². The second-order valence-corrected chi connectivity index (χ2v) is 9.89. The number of thioether (sulfide) groups is 1. The summed E-state index contributed by atoms with van der Waals surface area (Å²) in [5.41, 5.74) is 5.01. The van der Waals surface area contributed by atoms with Crippen LogP contribution in [0.25, 0.3) is 0 Å². The van der Waals surface area contributed by atoms with Crippen molar-refractivity contribution in [3.05, 3.63) is 18.3 Å². The number of rotatable bonds is 6. The van der Waals surface area contributed by atoms with Crippen molar-refractivity contribution in [1.82, 2.24) is 14.6 Å². The predicted molar refractivity (Wildman–Crippen MR) is 104 cm³/mol. The maximum Gasteiger partial charge on any atom is 0.318 e. The van der Waals surface area contributed by atoms with Gasteiger partial charge in [0.1, 0.15) is 4.90 Å². The van der Waals surface area contributed by atoms with Crippen LogP contribution in [0, 0.1) is 5.92 Å². The first-order valence-corrected chi connectivity index (χ1v) is 11.3. The molecule has 3 amide bonds. The van der Waals surface area contributed by atoms with Crippen molar-refractivity contribution in [3.8, 4) is 0 Å². The minimum absolute atomic E-state index is 0.0725. The highest BCUT2D eigenvalue weighted by Gasteiger charge is 2.27. The Labute approximate surface area is 164 Å². The fraction of sp³-hybridized carbons (Fsp3) is 0.588. The Morgan fingerprint density at radius 1 is 1.19 bits per heavy atom. The van der Waals surface area contributed by atoms with Crippen molar-refractivity contribution in [3.63, 3.8) is 0 Å². The fourth-order valence-electron chi connectivity index (χ4n) is 2.84. The standard InChI is InChI=1S/C17H26N4O4S2/c1-12(2)15(16(22)20-17(18)23)26-14-8-7-13(11-19-14)27(24,25)21-9-5-3-4-6-10-21/h7-8,11-12,15H,3-6,9-10H2,1-2H3,(H3,18,20,22,23)/t15-/m1/s1. The highest BCUT2D eigenvalue weighted by atomic mass is 32.2. The molecule has 0 aromatic carbocycles. The van der Waals surface area contributed by atoms with E-state index in [0.29, 0.717) is 18.1 Å². The van der Waals surface area contributed by atoms with Crippen molar-refractivity contribution < 1.29 is 18.0 Å². The van der Waals surface area contributed by atoms with E-state index in [-0.39, 0.29) is 10.8 Å². The van der Waals surface area contributed by atoms with Crippen molar-refractivity contribution in [2.75, 3.05) is 13.1 Å². The van der Waals surface area contributed by atoms with E-state index in [1.165, 1.54) is 28.3 Å². The second-order valence-electron chi connectivity index (χ2n) is 6.79.